The van der Waals surface area contributed by atoms with Gasteiger partial charge in [0.05, 0.1) is 18.0 Å². The minimum Gasteiger partial charge on any atom is -0.464 e. The van der Waals surface area contributed by atoms with E-state index in [4.69, 9.17) is 4.74 Å². The normalized spacial score (nSPS) is 17.1. The summed E-state index contributed by atoms with van der Waals surface area (Å²) >= 11 is 0. The van der Waals surface area contributed by atoms with Crippen molar-refractivity contribution in [3.8, 4) is 0 Å². The highest BCUT2D eigenvalue weighted by Gasteiger charge is 2.40. The summed E-state index contributed by atoms with van der Waals surface area (Å²) in [7, 11) is -3.83. The summed E-state index contributed by atoms with van der Waals surface area (Å²) in [5.41, 5.74) is 0. The quantitative estimate of drug-likeness (QED) is 0.728. The molecule has 0 saturated carbocycles. The summed E-state index contributed by atoms with van der Waals surface area (Å²) < 4.78 is 30.8. The molecule has 0 spiro atoms. The van der Waals surface area contributed by atoms with Gasteiger partial charge in [0.25, 0.3) is 0 Å². The maximum absolute atomic E-state index is 13.0. The van der Waals surface area contributed by atoms with E-state index >= 15 is 0 Å². The van der Waals surface area contributed by atoms with E-state index in [1.807, 2.05) is 0 Å². The van der Waals surface area contributed by atoms with Gasteiger partial charge in [-0.1, -0.05) is 18.2 Å². The zero-order valence-electron chi connectivity index (χ0n) is 13.6. The summed E-state index contributed by atoms with van der Waals surface area (Å²) in [5, 5.41) is 0. The Labute approximate surface area is 145 Å². The highest BCUT2D eigenvalue weighted by Crippen LogP contribution is 2.28. The lowest BCUT2D eigenvalue weighted by atomic mass is 10.3. The molecule has 0 aliphatic carbocycles. The summed E-state index contributed by atoms with van der Waals surface area (Å²) in [6.45, 7) is 1.98. The van der Waals surface area contributed by atoms with Gasteiger partial charge in [0.2, 0.25) is 9.84 Å². The summed E-state index contributed by atoms with van der Waals surface area (Å²) in [6.07, 6.45) is 1.27. The van der Waals surface area contributed by atoms with E-state index in [2.05, 4.69) is 4.99 Å². The zero-order valence-corrected chi connectivity index (χ0v) is 14.4. The van der Waals surface area contributed by atoms with Crippen molar-refractivity contribution in [2.75, 3.05) is 26.2 Å². The third kappa shape index (κ3) is 3.27. The third-order valence-corrected chi connectivity index (χ3v) is 5.55. The molecule has 0 radical (unpaired) electrons. The van der Waals surface area contributed by atoms with Crippen LogP contribution in [0.15, 0.2) is 51.3 Å². The maximum Gasteiger partial charge on any atom is 0.329 e. The van der Waals surface area contributed by atoms with Gasteiger partial charge < -0.3 is 4.74 Å². The predicted molar refractivity (Wildman–Crippen MR) is 89.5 cm³/mol. The Kier molecular flexibility index (Phi) is 4.58. The average Bonchev–Trinajstić information content (AvgIpc) is 3.07. The summed E-state index contributed by atoms with van der Waals surface area (Å²) in [5.74, 6) is -0.299. The summed E-state index contributed by atoms with van der Waals surface area (Å²) in [6, 6.07) is 7.60. The van der Waals surface area contributed by atoms with E-state index in [1.165, 1.54) is 35.1 Å². The Morgan fingerprint density at radius 3 is 2.68 bits per heavy atom. The Balaban J connectivity index is 1.97. The number of hydrogen-bond donors (Lipinski definition) is 0. The molecule has 2 heterocycles. The van der Waals surface area contributed by atoms with Crippen LogP contribution in [0.5, 0.6) is 0 Å². The molecule has 8 nitrogen and oxygen atoms in total. The van der Waals surface area contributed by atoms with Gasteiger partial charge in [0.15, 0.2) is 5.84 Å². The first-order chi connectivity index (χ1) is 11.9. The van der Waals surface area contributed by atoms with Crippen LogP contribution in [0.3, 0.4) is 0 Å². The number of nitrogens with zero attached hydrogens (tertiary/aromatic N) is 3. The van der Waals surface area contributed by atoms with Crippen LogP contribution in [-0.4, -0.2) is 62.3 Å². The molecule has 0 unspecified atom stereocenters. The number of aliphatic imine (C=N–C) groups is 1. The molecule has 0 N–H and O–H groups in total. The van der Waals surface area contributed by atoms with Crippen molar-refractivity contribution in [2.24, 2.45) is 4.99 Å². The highest BCUT2D eigenvalue weighted by molar-refractivity contribution is 7.96. The lowest BCUT2D eigenvalue weighted by molar-refractivity contribution is -0.141. The SMILES string of the molecule is CC(=O)OCCN1C=C(S(=O)(=O)c2ccccc2)C2=NCCN2C1=O. The topological polar surface area (TPSA) is 96.3 Å². The lowest BCUT2D eigenvalue weighted by Gasteiger charge is -2.31. The Hall–Kier alpha value is -2.68. The molecule has 2 aliphatic heterocycles. The Morgan fingerprint density at radius 2 is 2.00 bits per heavy atom. The number of fused-ring (bicyclic) bond motifs is 1. The second kappa shape index (κ2) is 6.67. The van der Waals surface area contributed by atoms with Crippen LogP contribution in [0.4, 0.5) is 4.79 Å². The smallest absolute Gasteiger partial charge is 0.329 e. The number of urea groups is 1. The number of sulfone groups is 1. The molecule has 1 aromatic carbocycles. The van der Waals surface area contributed by atoms with Crippen molar-refractivity contribution >= 4 is 27.7 Å². The minimum atomic E-state index is -3.83. The van der Waals surface area contributed by atoms with Gasteiger partial charge in [-0.2, -0.15) is 0 Å². The van der Waals surface area contributed by atoms with Crippen LogP contribution in [-0.2, 0) is 19.4 Å². The van der Waals surface area contributed by atoms with Crippen molar-refractivity contribution in [1.82, 2.24) is 9.80 Å². The van der Waals surface area contributed by atoms with Crippen LogP contribution in [0, 0.1) is 0 Å². The van der Waals surface area contributed by atoms with Crippen LogP contribution < -0.4 is 0 Å². The van der Waals surface area contributed by atoms with Crippen molar-refractivity contribution in [3.63, 3.8) is 0 Å². The Morgan fingerprint density at radius 1 is 1.28 bits per heavy atom. The molecular formula is C16H17N3O5S. The van der Waals surface area contributed by atoms with Crippen molar-refractivity contribution in [1.29, 1.82) is 0 Å². The van der Waals surface area contributed by atoms with Crippen LogP contribution in [0.25, 0.3) is 0 Å². The number of amides is 2. The number of rotatable bonds is 5. The molecule has 0 atom stereocenters. The van der Waals surface area contributed by atoms with E-state index in [0.29, 0.717) is 13.1 Å². The second-order valence-electron chi connectivity index (χ2n) is 5.48. The first kappa shape index (κ1) is 17.2. The number of esters is 1. The minimum absolute atomic E-state index is 0.0173. The van der Waals surface area contributed by atoms with E-state index < -0.39 is 15.8 Å². The predicted octanol–water partition coefficient (Wildman–Crippen LogP) is 1.01. The van der Waals surface area contributed by atoms with E-state index in [9.17, 15) is 18.0 Å². The molecule has 0 aromatic heterocycles. The molecule has 2 amide bonds. The van der Waals surface area contributed by atoms with E-state index in [1.54, 1.807) is 18.2 Å². The van der Waals surface area contributed by atoms with Gasteiger partial charge in [0, 0.05) is 19.7 Å². The highest BCUT2D eigenvalue weighted by atomic mass is 32.2. The molecule has 2 aliphatic rings. The number of ether oxygens (including phenoxy) is 1. The van der Waals surface area contributed by atoms with Gasteiger partial charge in [-0.05, 0) is 12.1 Å². The molecule has 0 fully saturated rings. The van der Waals surface area contributed by atoms with Crippen LogP contribution in [0.1, 0.15) is 6.92 Å². The van der Waals surface area contributed by atoms with Gasteiger partial charge in [0.1, 0.15) is 11.5 Å². The molecule has 3 rings (SSSR count). The standard InChI is InChI=1S/C16H17N3O5S/c1-12(20)24-10-9-18-11-14(15-17-7-8-19(15)16(18)21)25(22,23)13-5-3-2-4-6-13/h2-6,11H,7-10H2,1H3. The number of benzene rings is 1. The number of carbonyl (C=O) groups is 2. The molecule has 0 bridgehead atoms. The zero-order chi connectivity index (χ0) is 18.0. The fraction of sp³-hybridized carbons (Fsp3) is 0.312. The molecular weight excluding hydrogens is 346 g/mol. The van der Waals surface area contributed by atoms with Gasteiger partial charge in [-0.25, -0.2) is 13.2 Å². The largest absolute Gasteiger partial charge is 0.464 e. The van der Waals surface area contributed by atoms with Crippen molar-refractivity contribution in [3.05, 3.63) is 41.4 Å². The number of carbonyl (C=O) groups excluding carboxylic acids is 2. The monoisotopic (exact) mass is 363 g/mol. The first-order valence-corrected chi connectivity index (χ1v) is 9.18. The molecule has 132 valence electrons. The second-order valence-corrected chi connectivity index (χ2v) is 7.40. The van der Waals surface area contributed by atoms with Crippen molar-refractivity contribution in [2.45, 2.75) is 11.8 Å². The molecule has 9 heteroatoms. The fourth-order valence-electron chi connectivity index (χ4n) is 2.62. The third-order valence-electron chi connectivity index (χ3n) is 3.79. The fourth-order valence-corrected chi connectivity index (χ4v) is 4.07. The van der Waals surface area contributed by atoms with Gasteiger partial charge >= 0.3 is 12.0 Å². The summed E-state index contributed by atoms with van der Waals surface area (Å²) in [4.78, 5) is 30.2. The molecule has 0 saturated heterocycles. The van der Waals surface area contributed by atoms with Crippen LogP contribution >= 0.6 is 0 Å². The molecule has 1 aromatic rings. The van der Waals surface area contributed by atoms with Gasteiger partial charge in [-0.15, -0.1) is 0 Å². The average molecular weight is 363 g/mol. The van der Waals surface area contributed by atoms with Crippen LogP contribution in [0.2, 0.25) is 0 Å². The van der Waals surface area contributed by atoms with Crippen molar-refractivity contribution < 1.29 is 22.7 Å². The first-order valence-electron chi connectivity index (χ1n) is 7.69. The Bertz CT molecular complexity index is 861. The van der Waals surface area contributed by atoms with Gasteiger partial charge in [-0.3, -0.25) is 19.6 Å². The lowest BCUT2D eigenvalue weighted by Crippen LogP contribution is -2.49. The van der Waals surface area contributed by atoms with E-state index in [0.717, 1.165) is 0 Å². The molecule has 25 heavy (non-hydrogen) atoms. The maximum atomic E-state index is 13.0. The number of hydrogen-bond acceptors (Lipinski definition) is 6. The van der Waals surface area contributed by atoms with E-state index in [-0.39, 0.29) is 34.8 Å². The number of amidine groups is 1.